The van der Waals surface area contributed by atoms with Crippen LogP contribution in [0, 0.1) is 6.92 Å². The zero-order valence-electron chi connectivity index (χ0n) is 15.4. The number of nitrogens with zero attached hydrogens (tertiary/aromatic N) is 3. The molecule has 8 heteroatoms. The smallest absolute Gasteiger partial charge is 0.265 e. The average Bonchev–Trinajstić information content (AvgIpc) is 2.99. The monoisotopic (exact) mass is 389 g/mol. The molecule has 142 valence electrons. The maximum absolute atomic E-state index is 12.8. The molecule has 2 heterocycles. The van der Waals surface area contributed by atoms with E-state index in [1.54, 1.807) is 50.2 Å². The van der Waals surface area contributed by atoms with E-state index >= 15 is 0 Å². The lowest BCUT2D eigenvalue weighted by Gasteiger charge is -2.17. The van der Waals surface area contributed by atoms with Gasteiger partial charge in [-0.25, -0.2) is 4.98 Å². The van der Waals surface area contributed by atoms with Crippen LogP contribution in [0.5, 0.6) is 5.75 Å². The number of furan rings is 1. The van der Waals surface area contributed by atoms with Crippen LogP contribution in [0.15, 0.2) is 39.8 Å². The Morgan fingerprint density at radius 2 is 2.04 bits per heavy atom. The number of carbonyl (C=O) groups excluding carboxylic acids is 1. The molecule has 27 heavy (non-hydrogen) atoms. The topological polar surface area (TPSA) is 77.6 Å². The highest BCUT2D eigenvalue weighted by Crippen LogP contribution is 2.22. The molecular weight excluding hydrogens is 370 g/mol. The number of amides is 1. The SMILES string of the molecule is Cc1oc2ncn(C)c(=O)c2c1C(=O)N(C)CCCOc1ccc(Cl)cc1. The van der Waals surface area contributed by atoms with E-state index in [-0.39, 0.29) is 28.1 Å². The van der Waals surface area contributed by atoms with Crippen molar-refractivity contribution < 1.29 is 13.9 Å². The number of aryl methyl sites for hydroxylation is 2. The Morgan fingerprint density at radius 3 is 2.74 bits per heavy atom. The molecule has 0 aliphatic rings. The first-order valence-corrected chi connectivity index (χ1v) is 8.85. The predicted octanol–water partition coefficient (Wildman–Crippen LogP) is 3.03. The molecule has 0 saturated heterocycles. The maximum Gasteiger partial charge on any atom is 0.265 e. The summed E-state index contributed by atoms with van der Waals surface area (Å²) in [5.41, 5.74) is 0.137. The van der Waals surface area contributed by atoms with Crippen molar-refractivity contribution in [1.82, 2.24) is 14.5 Å². The van der Waals surface area contributed by atoms with Crippen molar-refractivity contribution >= 4 is 28.6 Å². The minimum absolute atomic E-state index is 0.179. The first kappa shape index (κ1) is 19.0. The van der Waals surface area contributed by atoms with Gasteiger partial charge >= 0.3 is 0 Å². The molecule has 0 aliphatic heterocycles. The van der Waals surface area contributed by atoms with Gasteiger partial charge in [0.15, 0.2) is 0 Å². The molecular formula is C19H20ClN3O4. The second-order valence-electron chi connectivity index (χ2n) is 6.26. The Labute approximate surface area is 161 Å². The third-order valence-electron chi connectivity index (χ3n) is 4.23. The van der Waals surface area contributed by atoms with Crippen LogP contribution in [-0.2, 0) is 7.05 Å². The summed E-state index contributed by atoms with van der Waals surface area (Å²) in [5.74, 6) is 0.831. The van der Waals surface area contributed by atoms with Gasteiger partial charge in [0, 0.05) is 25.7 Å². The van der Waals surface area contributed by atoms with Crippen molar-refractivity contribution in [3.8, 4) is 5.75 Å². The van der Waals surface area contributed by atoms with Gasteiger partial charge in [-0.05, 0) is 37.6 Å². The Balaban J connectivity index is 1.66. The quantitative estimate of drug-likeness (QED) is 0.605. The first-order valence-electron chi connectivity index (χ1n) is 8.47. The number of halogens is 1. The average molecular weight is 390 g/mol. The fourth-order valence-electron chi connectivity index (χ4n) is 2.76. The standard InChI is InChI=1S/C19H20ClN3O4/c1-12-15(16-17(27-12)21-11-23(3)19(16)25)18(24)22(2)9-4-10-26-14-7-5-13(20)6-8-14/h5-8,11H,4,9-10H2,1-3H3. The Hall–Kier alpha value is -2.80. The van der Waals surface area contributed by atoms with E-state index in [2.05, 4.69) is 4.98 Å². The number of carbonyl (C=O) groups is 1. The number of benzene rings is 1. The van der Waals surface area contributed by atoms with Crippen molar-refractivity contribution in [2.75, 3.05) is 20.2 Å². The van der Waals surface area contributed by atoms with Crippen LogP contribution in [0.2, 0.25) is 5.02 Å². The number of hydrogen-bond donors (Lipinski definition) is 0. The largest absolute Gasteiger partial charge is 0.494 e. The van der Waals surface area contributed by atoms with Crippen LogP contribution < -0.4 is 10.3 Å². The van der Waals surface area contributed by atoms with Gasteiger partial charge in [-0.1, -0.05) is 11.6 Å². The van der Waals surface area contributed by atoms with Crippen LogP contribution in [0.3, 0.4) is 0 Å². The van der Waals surface area contributed by atoms with E-state index < -0.39 is 0 Å². The summed E-state index contributed by atoms with van der Waals surface area (Å²) in [4.78, 5) is 30.9. The lowest BCUT2D eigenvalue weighted by Crippen LogP contribution is -2.30. The summed E-state index contributed by atoms with van der Waals surface area (Å²) in [5, 5.41) is 0.864. The fraction of sp³-hybridized carbons (Fsp3) is 0.316. The van der Waals surface area contributed by atoms with E-state index in [0.717, 1.165) is 5.75 Å². The van der Waals surface area contributed by atoms with Gasteiger partial charge in [0.1, 0.15) is 23.2 Å². The second kappa shape index (κ2) is 7.84. The highest BCUT2D eigenvalue weighted by atomic mass is 35.5. The molecule has 3 rings (SSSR count). The molecule has 0 unspecified atom stereocenters. The predicted molar refractivity (Wildman–Crippen MR) is 103 cm³/mol. The van der Waals surface area contributed by atoms with Gasteiger partial charge in [-0.15, -0.1) is 0 Å². The maximum atomic E-state index is 12.8. The third kappa shape index (κ3) is 3.98. The van der Waals surface area contributed by atoms with Gasteiger partial charge < -0.3 is 18.6 Å². The second-order valence-corrected chi connectivity index (χ2v) is 6.69. The molecule has 3 aromatic rings. The van der Waals surface area contributed by atoms with Crippen molar-refractivity contribution in [3.05, 3.63) is 57.3 Å². The summed E-state index contributed by atoms with van der Waals surface area (Å²) in [6, 6.07) is 7.10. The van der Waals surface area contributed by atoms with Crippen LogP contribution in [0.25, 0.3) is 11.1 Å². The van der Waals surface area contributed by atoms with Crippen LogP contribution in [0.4, 0.5) is 0 Å². The van der Waals surface area contributed by atoms with E-state index in [4.69, 9.17) is 20.8 Å². The van der Waals surface area contributed by atoms with Crippen LogP contribution in [-0.4, -0.2) is 40.6 Å². The summed E-state index contributed by atoms with van der Waals surface area (Å²) < 4.78 is 12.5. The summed E-state index contributed by atoms with van der Waals surface area (Å²) >= 11 is 5.84. The molecule has 2 aromatic heterocycles. The Bertz CT molecular complexity index is 1020. The van der Waals surface area contributed by atoms with Gasteiger partial charge in [0.05, 0.1) is 12.2 Å². The molecule has 0 saturated carbocycles. The summed E-state index contributed by atoms with van der Waals surface area (Å²) in [7, 11) is 3.27. The number of ether oxygens (including phenoxy) is 1. The van der Waals surface area contributed by atoms with Gasteiger partial charge in [0.25, 0.3) is 11.5 Å². The minimum Gasteiger partial charge on any atom is -0.494 e. The molecule has 7 nitrogen and oxygen atoms in total. The number of hydrogen-bond acceptors (Lipinski definition) is 5. The number of fused-ring (bicyclic) bond motifs is 1. The summed E-state index contributed by atoms with van der Waals surface area (Å²) in [6.45, 7) is 2.58. The molecule has 0 N–H and O–H groups in total. The van der Waals surface area contributed by atoms with E-state index in [1.807, 2.05) is 0 Å². The molecule has 0 atom stereocenters. The van der Waals surface area contributed by atoms with Crippen molar-refractivity contribution in [3.63, 3.8) is 0 Å². The molecule has 0 spiro atoms. The molecule has 0 fully saturated rings. The highest BCUT2D eigenvalue weighted by Gasteiger charge is 2.24. The molecule has 0 aliphatic carbocycles. The van der Waals surface area contributed by atoms with Crippen molar-refractivity contribution in [1.29, 1.82) is 0 Å². The molecule has 1 aromatic carbocycles. The first-order chi connectivity index (χ1) is 12.9. The van der Waals surface area contributed by atoms with Gasteiger partial charge in [0.2, 0.25) is 5.71 Å². The van der Waals surface area contributed by atoms with E-state index in [9.17, 15) is 9.59 Å². The van der Waals surface area contributed by atoms with Crippen LogP contribution in [0.1, 0.15) is 22.5 Å². The minimum atomic E-state index is -0.306. The zero-order valence-corrected chi connectivity index (χ0v) is 16.1. The zero-order chi connectivity index (χ0) is 19.6. The lowest BCUT2D eigenvalue weighted by molar-refractivity contribution is 0.0787. The van der Waals surface area contributed by atoms with Gasteiger partial charge in [-0.2, -0.15) is 0 Å². The van der Waals surface area contributed by atoms with Crippen LogP contribution >= 0.6 is 11.6 Å². The Morgan fingerprint density at radius 1 is 1.33 bits per heavy atom. The number of aromatic nitrogens is 2. The normalized spacial score (nSPS) is 11.0. The van der Waals surface area contributed by atoms with E-state index in [0.29, 0.717) is 30.4 Å². The van der Waals surface area contributed by atoms with Crippen molar-refractivity contribution in [2.24, 2.45) is 7.05 Å². The van der Waals surface area contributed by atoms with Gasteiger partial charge in [-0.3, -0.25) is 9.59 Å². The summed E-state index contributed by atoms with van der Waals surface area (Å²) in [6.07, 6.45) is 2.01. The molecule has 0 bridgehead atoms. The fourth-order valence-corrected chi connectivity index (χ4v) is 2.89. The van der Waals surface area contributed by atoms with Crippen molar-refractivity contribution in [2.45, 2.75) is 13.3 Å². The molecule has 1 amide bonds. The molecule has 0 radical (unpaired) electrons. The lowest BCUT2D eigenvalue weighted by atomic mass is 10.1. The third-order valence-corrected chi connectivity index (χ3v) is 4.48. The highest BCUT2D eigenvalue weighted by molar-refractivity contribution is 6.30. The number of rotatable bonds is 6. The Kier molecular flexibility index (Phi) is 5.51. The van der Waals surface area contributed by atoms with E-state index in [1.165, 1.54) is 10.9 Å².